The summed E-state index contributed by atoms with van der Waals surface area (Å²) in [6.45, 7) is 1.82. The van der Waals surface area contributed by atoms with E-state index >= 15 is 0 Å². The summed E-state index contributed by atoms with van der Waals surface area (Å²) in [4.78, 5) is 0. The second kappa shape index (κ2) is 7.22. The predicted octanol–water partition coefficient (Wildman–Crippen LogP) is 4.45. The molecule has 0 saturated heterocycles. The maximum atomic E-state index is 13.8. The van der Waals surface area contributed by atoms with E-state index in [1.54, 1.807) is 24.3 Å². The van der Waals surface area contributed by atoms with Gasteiger partial charge in [-0.05, 0) is 24.6 Å². The molecule has 0 fully saturated rings. The highest BCUT2D eigenvalue weighted by molar-refractivity contribution is 5.65. The number of rotatable bonds is 2. The van der Waals surface area contributed by atoms with E-state index in [-0.39, 0.29) is 5.56 Å². The molecule has 0 aliphatic rings. The summed E-state index contributed by atoms with van der Waals surface area (Å²) >= 11 is 0. The maximum Gasteiger partial charge on any atom is 0.573 e. The van der Waals surface area contributed by atoms with Crippen molar-refractivity contribution in [2.75, 3.05) is 7.11 Å². The molecule has 2 nitrogen and oxygen atoms in total. The van der Waals surface area contributed by atoms with Crippen molar-refractivity contribution in [3.63, 3.8) is 0 Å². The summed E-state index contributed by atoms with van der Waals surface area (Å²) in [6.07, 6.45) is -5.07. The van der Waals surface area contributed by atoms with Crippen LogP contribution in [0.1, 0.15) is 5.56 Å². The molecule has 7 heteroatoms. The number of aliphatic hydroxyl groups is 1. The van der Waals surface area contributed by atoms with Crippen LogP contribution in [-0.4, -0.2) is 20.0 Å². The highest BCUT2D eigenvalue weighted by atomic mass is 19.4. The van der Waals surface area contributed by atoms with Gasteiger partial charge in [0.15, 0.2) is 11.6 Å². The Labute approximate surface area is 125 Å². The fourth-order valence-electron chi connectivity index (χ4n) is 1.69. The molecule has 1 N–H and O–H groups in total. The Bertz CT molecular complexity index is 642. The third-order valence-electron chi connectivity index (χ3n) is 2.64. The third-order valence-corrected chi connectivity index (χ3v) is 2.64. The van der Waals surface area contributed by atoms with Crippen LogP contribution in [0.3, 0.4) is 0 Å². The van der Waals surface area contributed by atoms with E-state index in [9.17, 15) is 22.0 Å². The molecule has 0 bridgehead atoms. The van der Waals surface area contributed by atoms with Crippen molar-refractivity contribution in [3.05, 3.63) is 53.6 Å². The van der Waals surface area contributed by atoms with Gasteiger partial charge < -0.3 is 9.85 Å². The Morgan fingerprint density at radius 3 is 2.05 bits per heavy atom. The largest absolute Gasteiger partial charge is 0.573 e. The predicted molar refractivity (Wildman–Crippen MR) is 71.4 cm³/mol. The fraction of sp³-hybridized carbons (Fsp3) is 0.200. The molecule has 0 spiro atoms. The van der Waals surface area contributed by atoms with Crippen LogP contribution in [0, 0.1) is 18.6 Å². The lowest BCUT2D eigenvalue weighted by Crippen LogP contribution is -2.18. The van der Waals surface area contributed by atoms with Gasteiger partial charge in [0.2, 0.25) is 7.25 Å². The van der Waals surface area contributed by atoms with E-state index in [0.29, 0.717) is 5.56 Å². The van der Waals surface area contributed by atoms with Gasteiger partial charge in [0.1, 0.15) is 0 Å². The van der Waals surface area contributed by atoms with E-state index in [1.807, 2.05) is 6.92 Å². The standard InChI is InChI=1S/C14H9F5O.CH4O/c1-8-2-4-9(5-3-8)10-6-7-11(13(16)12(10)15)20-14(17,18)19;1-2/h2-7H,1H3;2H,1H3/i;2T. The number of hydrogen-bond donors (Lipinski definition) is 1. The molecule has 2 aromatic carbocycles. The van der Waals surface area contributed by atoms with Crippen LogP contribution in [0.4, 0.5) is 22.0 Å². The molecule has 120 valence electrons. The van der Waals surface area contributed by atoms with Gasteiger partial charge >= 0.3 is 6.36 Å². The molecule has 0 heterocycles. The smallest absolute Gasteiger partial charge is 0.403 e. The van der Waals surface area contributed by atoms with Crippen LogP contribution in [0.5, 0.6) is 5.75 Å². The number of ether oxygens (including phenoxy) is 1. The summed E-state index contributed by atoms with van der Waals surface area (Å²) in [7, 11) is 1.29. The van der Waals surface area contributed by atoms with E-state index in [4.69, 9.17) is 1.43 Å². The summed E-state index contributed by atoms with van der Waals surface area (Å²) < 4.78 is 72.5. The lowest BCUT2D eigenvalue weighted by molar-refractivity contribution is -0.275. The Balaban J connectivity index is 0.000000816. The summed E-state index contributed by atoms with van der Waals surface area (Å²) in [5.41, 5.74) is 1.16. The second-order valence-corrected chi connectivity index (χ2v) is 4.15. The minimum Gasteiger partial charge on any atom is -0.403 e. The molecule has 0 saturated carbocycles. The second-order valence-electron chi connectivity index (χ2n) is 4.15. The van der Waals surface area contributed by atoms with Gasteiger partial charge in [0, 0.05) is 12.7 Å². The Kier molecular flexibility index (Phi) is 5.32. The van der Waals surface area contributed by atoms with E-state index in [2.05, 4.69) is 9.85 Å². The lowest BCUT2D eigenvalue weighted by Gasteiger charge is -2.12. The van der Waals surface area contributed by atoms with Gasteiger partial charge in [-0.1, -0.05) is 29.8 Å². The SMILES string of the molecule is Cc1ccc(-c2ccc(OC(F)(F)F)c(F)c2F)cc1.[3H]OC. The molecule has 0 unspecified atom stereocenters. The number of hydrogen-bond acceptors (Lipinski definition) is 2. The zero-order valence-electron chi connectivity index (χ0n) is 12.7. The van der Waals surface area contributed by atoms with Crippen LogP contribution >= 0.6 is 0 Å². The quantitative estimate of drug-likeness (QED) is 0.828. The highest BCUT2D eigenvalue weighted by Crippen LogP contribution is 2.32. The first-order chi connectivity index (χ1) is 10.7. The minimum absolute atomic E-state index is 0.128. The normalized spacial score (nSPS) is 11.3. The van der Waals surface area contributed by atoms with Crippen molar-refractivity contribution in [1.29, 1.82) is 1.43 Å². The zero-order chi connectivity index (χ0) is 17.6. The van der Waals surface area contributed by atoms with Gasteiger partial charge in [0.25, 0.3) is 0 Å². The van der Waals surface area contributed by atoms with Crippen LogP contribution < -0.4 is 4.74 Å². The van der Waals surface area contributed by atoms with Crippen molar-refractivity contribution in [1.82, 2.24) is 0 Å². The maximum absolute atomic E-state index is 13.8. The number of alkyl halides is 3. The number of aliphatic hydroxyl groups excluding tert-OH is 1. The molecule has 0 aliphatic carbocycles. The number of benzene rings is 2. The Morgan fingerprint density at radius 1 is 1.00 bits per heavy atom. The summed E-state index contributed by atoms with van der Waals surface area (Å²) in [6, 6.07) is 8.28. The molecule has 22 heavy (non-hydrogen) atoms. The molecular weight excluding hydrogens is 307 g/mol. The van der Waals surface area contributed by atoms with Crippen LogP contribution in [0.25, 0.3) is 11.1 Å². The van der Waals surface area contributed by atoms with Gasteiger partial charge in [0.05, 0.1) is 0 Å². The molecular formula is C15H13F5O2. The Morgan fingerprint density at radius 2 is 1.55 bits per heavy atom. The topological polar surface area (TPSA) is 29.5 Å². The molecule has 2 rings (SSSR count). The average molecular weight is 322 g/mol. The van der Waals surface area contributed by atoms with Crippen LogP contribution in [-0.2, 0) is 0 Å². The lowest BCUT2D eigenvalue weighted by atomic mass is 10.0. The first-order valence-electron chi connectivity index (χ1n) is 6.40. The molecule has 0 radical (unpaired) electrons. The van der Waals surface area contributed by atoms with Crippen LogP contribution in [0.2, 0.25) is 0 Å². The average Bonchev–Trinajstić information content (AvgIpc) is 2.45. The number of aryl methyl sites for hydroxylation is 1. The number of halogens is 5. The summed E-state index contributed by atoms with van der Waals surface area (Å²) in [5.74, 6) is -4.23. The molecule has 2 aromatic rings. The Hall–Kier alpha value is -2.15. The first kappa shape index (κ1) is 16.2. The third kappa shape index (κ3) is 4.42. The highest BCUT2D eigenvalue weighted by Gasteiger charge is 2.33. The monoisotopic (exact) mass is 322 g/mol. The minimum atomic E-state index is -5.07. The van der Waals surface area contributed by atoms with E-state index in [0.717, 1.165) is 17.7 Å². The van der Waals surface area contributed by atoms with Gasteiger partial charge in [-0.3, -0.25) is 0 Å². The van der Waals surface area contributed by atoms with Crippen molar-refractivity contribution in [2.45, 2.75) is 13.3 Å². The van der Waals surface area contributed by atoms with E-state index < -0.39 is 23.7 Å². The zero-order valence-corrected chi connectivity index (χ0v) is 11.7. The molecule has 0 amide bonds. The van der Waals surface area contributed by atoms with Gasteiger partial charge in [-0.25, -0.2) is 4.39 Å². The van der Waals surface area contributed by atoms with Crippen LogP contribution in [0.15, 0.2) is 36.4 Å². The first-order valence-corrected chi connectivity index (χ1v) is 5.99. The van der Waals surface area contributed by atoms with Crippen molar-refractivity contribution < 1.29 is 31.8 Å². The van der Waals surface area contributed by atoms with Crippen molar-refractivity contribution >= 4 is 0 Å². The van der Waals surface area contributed by atoms with E-state index in [1.165, 1.54) is 7.11 Å². The van der Waals surface area contributed by atoms with Gasteiger partial charge in [-0.2, -0.15) is 4.39 Å². The van der Waals surface area contributed by atoms with Crippen molar-refractivity contribution in [3.8, 4) is 16.9 Å². The fourth-order valence-corrected chi connectivity index (χ4v) is 1.69. The molecule has 0 atom stereocenters. The summed E-state index contributed by atoms with van der Waals surface area (Å²) in [5, 5.41) is 3.50. The molecule has 0 aromatic heterocycles. The van der Waals surface area contributed by atoms with Crippen molar-refractivity contribution in [2.24, 2.45) is 0 Å². The molecule has 0 aliphatic heterocycles. The van der Waals surface area contributed by atoms with Gasteiger partial charge in [-0.15, -0.1) is 13.2 Å².